The normalized spacial score (nSPS) is 21.5. The highest BCUT2D eigenvalue weighted by Crippen LogP contribution is 2.30. The summed E-state index contributed by atoms with van der Waals surface area (Å²) in [7, 11) is 0. The van der Waals surface area contributed by atoms with Crippen LogP contribution in [0.5, 0.6) is 0 Å². The predicted octanol–water partition coefficient (Wildman–Crippen LogP) is 2.96. The van der Waals surface area contributed by atoms with Crippen molar-refractivity contribution < 1.29 is 14.0 Å². The Morgan fingerprint density at radius 2 is 1.64 bits per heavy atom. The van der Waals surface area contributed by atoms with Crippen molar-refractivity contribution in [2.45, 2.75) is 44.9 Å². The number of benzene rings is 1. The first kappa shape index (κ1) is 17.9. The highest BCUT2D eigenvalue weighted by atomic mass is 19.1. The van der Waals surface area contributed by atoms with Crippen LogP contribution in [0.4, 0.5) is 4.39 Å². The zero-order valence-electron chi connectivity index (χ0n) is 15.1. The van der Waals surface area contributed by atoms with E-state index in [2.05, 4.69) is 0 Å². The van der Waals surface area contributed by atoms with Crippen LogP contribution >= 0.6 is 0 Å². The molecule has 2 heterocycles. The van der Waals surface area contributed by atoms with Crippen LogP contribution in [0.25, 0.3) is 0 Å². The van der Waals surface area contributed by atoms with Crippen molar-refractivity contribution in [2.24, 2.45) is 5.92 Å². The maximum atomic E-state index is 13.2. The molecule has 1 atom stereocenters. The number of halogens is 1. The van der Waals surface area contributed by atoms with Crippen LogP contribution in [-0.2, 0) is 15.0 Å². The zero-order valence-corrected chi connectivity index (χ0v) is 15.1. The Morgan fingerprint density at radius 3 is 2.28 bits per heavy atom. The molecule has 2 aliphatic heterocycles. The van der Waals surface area contributed by atoms with Crippen LogP contribution in [0.15, 0.2) is 24.3 Å². The summed E-state index contributed by atoms with van der Waals surface area (Å²) < 4.78 is 13.2. The van der Waals surface area contributed by atoms with Gasteiger partial charge < -0.3 is 9.80 Å². The van der Waals surface area contributed by atoms with Crippen molar-refractivity contribution in [3.8, 4) is 0 Å². The first-order chi connectivity index (χ1) is 11.9. The first-order valence-electron chi connectivity index (χ1n) is 9.24. The second-order valence-electron chi connectivity index (χ2n) is 7.75. The average molecular weight is 346 g/mol. The van der Waals surface area contributed by atoms with Gasteiger partial charge in [0.15, 0.2) is 0 Å². The van der Waals surface area contributed by atoms with Crippen molar-refractivity contribution in [1.29, 1.82) is 0 Å². The van der Waals surface area contributed by atoms with Crippen LogP contribution < -0.4 is 0 Å². The van der Waals surface area contributed by atoms with Gasteiger partial charge in [-0.1, -0.05) is 12.1 Å². The van der Waals surface area contributed by atoms with Gasteiger partial charge in [-0.2, -0.15) is 0 Å². The van der Waals surface area contributed by atoms with E-state index < -0.39 is 5.41 Å². The van der Waals surface area contributed by atoms with E-state index in [4.69, 9.17) is 0 Å². The predicted molar refractivity (Wildman–Crippen MR) is 94.5 cm³/mol. The number of piperidine rings is 1. The van der Waals surface area contributed by atoms with Crippen molar-refractivity contribution >= 4 is 11.8 Å². The summed E-state index contributed by atoms with van der Waals surface area (Å²) in [5.41, 5.74) is 0.0706. The molecule has 0 spiro atoms. The van der Waals surface area contributed by atoms with Gasteiger partial charge in [-0.3, -0.25) is 9.59 Å². The molecule has 1 unspecified atom stereocenters. The highest BCUT2D eigenvalue weighted by Gasteiger charge is 2.39. The number of rotatable bonds is 3. The molecule has 3 rings (SSSR count). The third-order valence-corrected chi connectivity index (χ3v) is 5.59. The van der Waals surface area contributed by atoms with Crippen LogP contribution in [0.3, 0.4) is 0 Å². The number of amides is 2. The summed E-state index contributed by atoms with van der Waals surface area (Å²) in [5.74, 6) is -0.172. The lowest BCUT2D eigenvalue weighted by atomic mass is 9.83. The van der Waals surface area contributed by atoms with Gasteiger partial charge in [0.05, 0.1) is 11.3 Å². The smallest absolute Gasteiger partial charge is 0.232 e. The molecule has 1 aromatic rings. The molecule has 0 aliphatic carbocycles. The Morgan fingerprint density at radius 1 is 1.00 bits per heavy atom. The van der Waals surface area contributed by atoms with E-state index in [1.807, 2.05) is 18.7 Å². The maximum Gasteiger partial charge on any atom is 0.232 e. The molecular weight excluding hydrogens is 319 g/mol. The quantitative estimate of drug-likeness (QED) is 0.844. The minimum absolute atomic E-state index is 0.00746. The molecule has 25 heavy (non-hydrogen) atoms. The Hall–Kier alpha value is -1.91. The number of carbonyl (C=O) groups is 2. The number of hydrogen-bond acceptors (Lipinski definition) is 2. The van der Waals surface area contributed by atoms with Crippen LogP contribution in [0.1, 0.15) is 45.1 Å². The maximum absolute atomic E-state index is 13.2. The van der Waals surface area contributed by atoms with Crippen LogP contribution in [0, 0.1) is 11.7 Å². The monoisotopic (exact) mass is 346 g/mol. The summed E-state index contributed by atoms with van der Waals surface area (Å²) in [4.78, 5) is 29.4. The zero-order chi connectivity index (χ0) is 18.0. The van der Waals surface area contributed by atoms with Crippen molar-refractivity contribution in [1.82, 2.24) is 9.80 Å². The number of nitrogens with zero attached hydrogens (tertiary/aromatic N) is 2. The second-order valence-corrected chi connectivity index (χ2v) is 7.75. The number of carbonyl (C=O) groups excluding carboxylic acids is 2. The fourth-order valence-corrected chi connectivity index (χ4v) is 3.90. The molecule has 4 nitrogen and oxygen atoms in total. The SMILES string of the molecule is CC(C)(C(=O)N1CCC(C(=O)N2CCCCC2)C1)c1ccc(F)cc1. The lowest BCUT2D eigenvalue weighted by Gasteiger charge is -2.31. The van der Waals surface area contributed by atoms with Gasteiger partial charge in [0, 0.05) is 26.2 Å². The number of likely N-dealkylation sites (tertiary alicyclic amines) is 2. The molecule has 0 bridgehead atoms. The molecule has 0 radical (unpaired) electrons. The minimum atomic E-state index is -0.725. The minimum Gasteiger partial charge on any atom is -0.342 e. The molecule has 0 aromatic heterocycles. The Labute approximate surface area is 149 Å². The van der Waals surface area contributed by atoms with E-state index in [1.54, 1.807) is 17.0 Å². The summed E-state index contributed by atoms with van der Waals surface area (Å²) >= 11 is 0. The lowest BCUT2D eigenvalue weighted by molar-refractivity contribution is -0.137. The van der Waals surface area contributed by atoms with Gasteiger partial charge in [-0.25, -0.2) is 4.39 Å². The Balaban J connectivity index is 1.65. The summed E-state index contributed by atoms with van der Waals surface area (Å²) in [5, 5.41) is 0. The third kappa shape index (κ3) is 3.70. The molecule has 1 aromatic carbocycles. The fourth-order valence-electron chi connectivity index (χ4n) is 3.90. The van der Waals surface area contributed by atoms with E-state index in [0.29, 0.717) is 13.1 Å². The van der Waals surface area contributed by atoms with Crippen LogP contribution in [-0.4, -0.2) is 47.8 Å². The molecular formula is C20H27FN2O2. The van der Waals surface area contributed by atoms with Crippen molar-refractivity contribution in [3.05, 3.63) is 35.6 Å². The van der Waals surface area contributed by atoms with Gasteiger partial charge in [0.1, 0.15) is 5.82 Å². The topological polar surface area (TPSA) is 40.6 Å². The van der Waals surface area contributed by atoms with Crippen LogP contribution in [0.2, 0.25) is 0 Å². The van der Waals surface area contributed by atoms with Gasteiger partial charge in [-0.05, 0) is 57.2 Å². The van der Waals surface area contributed by atoms with Gasteiger partial charge >= 0.3 is 0 Å². The fraction of sp³-hybridized carbons (Fsp3) is 0.600. The summed E-state index contributed by atoms with van der Waals surface area (Å²) in [6.45, 7) is 6.55. The van der Waals surface area contributed by atoms with E-state index in [9.17, 15) is 14.0 Å². The van der Waals surface area contributed by atoms with Gasteiger partial charge in [0.25, 0.3) is 0 Å². The Bertz CT molecular complexity index is 636. The van der Waals surface area contributed by atoms with E-state index in [-0.39, 0.29) is 23.5 Å². The Kier molecular flexibility index (Phi) is 5.11. The van der Waals surface area contributed by atoms with Gasteiger partial charge in [0.2, 0.25) is 11.8 Å². The molecule has 2 amide bonds. The molecule has 2 fully saturated rings. The van der Waals surface area contributed by atoms with E-state index >= 15 is 0 Å². The van der Waals surface area contributed by atoms with Crippen molar-refractivity contribution in [2.75, 3.05) is 26.2 Å². The average Bonchev–Trinajstić information content (AvgIpc) is 3.11. The highest BCUT2D eigenvalue weighted by molar-refractivity contribution is 5.89. The molecule has 5 heteroatoms. The van der Waals surface area contributed by atoms with Gasteiger partial charge in [-0.15, -0.1) is 0 Å². The lowest BCUT2D eigenvalue weighted by Crippen LogP contribution is -2.44. The third-order valence-electron chi connectivity index (χ3n) is 5.59. The standard InChI is InChI=1S/C20H27FN2O2/c1-20(2,16-6-8-17(21)9-7-16)19(25)23-13-10-15(14-23)18(24)22-11-4-3-5-12-22/h6-9,15H,3-5,10-14H2,1-2H3. The second kappa shape index (κ2) is 7.14. The van der Waals surface area contributed by atoms with E-state index in [1.165, 1.54) is 18.6 Å². The van der Waals surface area contributed by atoms with E-state index in [0.717, 1.165) is 37.9 Å². The summed E-state index contributed by atoms with van der Waals surface area (Å²) in [6.07, 6.45) is 4.10. The first-order valence-corrected chi connectivity index (χ1v) is 9.24. The molecule has 0 N–H and O–H groups in total. The van der Waals surface area contributed by atoms with Crippen molar-refractivity contribution in [3.63, 3.8) is 0 Å². The molecule has 136 valence electrons. The molecule has 2 saturated heterocycles. The molecule has 2 aliphatic rings. The summed E-state index contributed by atoms with van der Waals surface area (Å²) in [6, 6.07) is 6.10. The largest absolute Gasteiger partial charge is 0.342 e. The molecule has 0 saturated carbocycles. The number of hydrogen-bond donors (Lipinski definition) is 0.